The molecule has 2 amide bonds. The first kappa shape index (κ1) is 28.7. The molecule has 0 heterocycles. The molecule has 2 N–H and O–H groups in total. The number of carbonyl (C=O) groups excluding carboxylic acids is 3. The quantitative estimate of drug-likeness (QED) is 0.286. The van der Waals surface area contributed by atoms with Crippen LogP contribution in [0.4, 0.5) is 43.9 Å². The zero-order valence-electron chi connectivity index (χ0n) is 15.9. The predicted molar refractivity (Wildman–Crippen MR) is 82.0 cm³/mol. The molecule has 0 bridgehead atoms. The zero-order valence-corrected chi connectivity index (χ0v) is 15.9. The van der Waals surface area contributed by atoms with E-state index in [1.54, 1.807) is 0 Å². The zero-order chi connectivity index (χ0) is 24.8. The Morgan fingerprint density at radius 1 is 0.774 bits per heavy atom. The van der Waals surface area contributed by atoms with Gasteiger partial charge in [0.1, 0.15) is 6.04 Å². The minimum absolute atomic E-state index is 0.367. The third kappa shape index (κ3) is 8.05. The van der Waals surface area contributed by atoms with Gasteiger partial charge >= 0.3 is 36.1 Å². The molecule has 182 valence electrons. The number of amides is 2. The number of carbonyl (C=O) groups is 3. The number of hydrogen-bond acceptors (Lipinski definition) is 4. The van der Waals surface area contributed by atoms with Crippen molar-refractivity contribution < 1.29 is 63.0 Å². The number of nitrogens with one attached hydrogen (secondary N) is 2. The second-order valence-electron chi connectivity index (χ2n) is 6.41. The van der Waals surface area contributed by atoms with Crippen LogP contribution in [-0.4, -0.2) is 60.7 Å². The van der Waals surface area contributed by atoms with Crippen LogP contribution in [-0.2, 0) is 19.1 Å². The Morgan fingerprint density at radius 2 is 1.23 bits per heavy atom. The lowest BCUT2D eigenvalue weighted by Gasteiger charge is -2.23. The highest BCUT2D eigenvalue weighted by Crippen LogP contribution is 2.36. The number of rotatable bonds is 10. The summed E-state index contributed by atoms with van der Waals surface area (Å²) in [4.78, 5) is 34.0. The van der Waals surface area contributed by atoms with Crippen molar-refractivity contribution in [3.63, 3.8) is 0 Å². The fraction of sp³-hybridized carbons (Fsp3) is 0.800. The maximum Gasteiger partial charge on any atom is 0.463 e. The average Bonchev–Trinajstić information content (AvgIpc) is 2.57. The Morgan fingerprint density at radius 3 is 1.65 bits per heavy atom. The molecule has 0 aliphatic heterocycles. The molecule has 0 saturated carbocycles. The largest absolute Gasteiger partial charge is 0.463 e. The molecule has 0 aromatic rings. The predicted octanol–water partition coefficient (Wildman–Crippen LogP) is 3.10. The van der Waals surface area contributed by atoms with E-state index < -0.39 is 73.5 Å². The number of esters is 1. The summed E-state index contributed by atoms with van der Waals surface area (Å²) in [6.07, 6.45) is -14.6. The van der Waals surface area contributed by atoms with Crippen molar-refractivity contribution in [2.45, 2.75) is 69.5 Å². The summed E-state index contributed by atoms with van der Waals surface area (Å²) in [6.45, 7) is 1.83. The molecule has 6 nitrogen and oxygen atoms in total. The molecule has 0 aliphatic rings. The van der Waals surface area contributed by atoms with Gasteiger partial charge in [0.2, 0.25) is 0 Å². The van der Waals surface area contributed by atoms with Gasteiger partial charge in [0, 0.05) is 6.54 Å². The van der Waals surface area contributed by atoms with Crippen molar-refractivity contribution in [2.75, 3.05) is 6.54 Å². The van der Waals surface area contributed by atoms with Gasteiger partial charge in [-0.15, -0.1) is 0 Å². The Kier molecular flexibility index (Phi) is 9.58. The van der Waals surface area contributed by atoms with Crippen LogP contribution in [0.25, 0.3) is 0 Å². The van der Waals surface area contributed by atoms with E-state index in [1.807, 2.05) is 0 Å². The number of ether oxygens (including phenoxy) is 1. The van der Waals surface area contributed by atoms with E-state index in [9.17, 15) is 58.3 Å². The summed E-state index contributed by atoms with van der Waals surface area (Å²) < 4.78 is 129. The van der Waals surface area contributed by atoms with Crippen LogP contribution < -0.4 is 10.6 Å². The van der Waals surface area contributed by atoms with Crippen LogP contribution in [0.5, 0.6) is 0 Å². The minimum atomic E-state index is -6.25. The van der Waals surface area contributed by atoms with Gasteiger partial charge < -0.3 is 15.4 Å². The third-order valence-corrected chi connectivity index (χ3v) is 3.43. The van der Waals surface area contributed by atoms with E-state index in [-0.39, 0.29) is 6.42 Å². The van der Waals surface area contributed by atoms with Gasteiger partial charge in [-0.25, -0.2) is 4.79 Å². The number of alkyl halides is 10. The molecule has 0 spiro atoms. The van der Waals surface area contributed by atoms with Gasteiger partial charge in [0.05, 0.1) is 6.10 Å². The summed E-state index contributed by atoms with van der Waals surface area (Å²) in [5.74, 6) is -18.4. The highest BCUT2D eigenvalue weighted by atomic mass is 19.4. The van der Waals surface area contributed by atoms with Crippen molar-refractivity contribution >= 4 is 17.8 Å². The van der Waals surface area contributed by atoms with E-state index >= 15 is 0 Å². The minimum Gasteiger partial charge on any atom is -0.461 e. The van der Waals surface area contributed by atoms with Gasteiger partial charge in [-0.1, -0.05) is 0 Å². The van der Waals surface area contributed by atoms with Gasteiger partial charge in [-0.2, -0.15) is 43.9 Å². The van der Waals surface area contributed by atoms with Crippen LogP contribution in [0, 0.1) is 0 Å². The molecule has 0 aromatic carbocycles. The molecule has 0 aromatic heterocycles. The van der Waals surface area contributed by atoms with E-state index in [2.05, 4.69) is 4.74 Å². The first-order chi connectivity index (χ1) is 13.7. The van der Waals surface area contributed by atoms with Crippen molar-refractivity contribution in [2.24, 2.45) is 0 Å². The molecule has 1 atom stereocenters. The Labute approximate surface area is 168 Å². The van der Waals surface area contributed by atoms with E-state index in [4.69, 9.17) is 0 Å². The molecule has 1 unspecified atom stereocenters. The van der Waals surface area contributed by atoms with E-state index in [1.165, 1.54) is 24.5 Å². The van der Waals surface area contributed by atoms with Gasteiger partial charge in [0.25, 0.3) is 5.91 Å². The van der Waals surface area contributed by atoms with Crippen LogP contribution >= 0.6 is 0 Å². The molecule has 16 heteroatoms. The third-order valence-electron chi connectivity index (χ3n) is 3.43. The standard InChI is InChI=1S/C15H18F10N2O4/c1-7(2)31-9(28)8(27-11(30)13(18,19)15(23,24)25)5-3-4-6-26-10(29)12(16,17)14(20,21)22/h7-8H,3-6H2,1-2H3,(H,26,29)(H,27,30). The Hall–Kier alpha value is -2.29. The lowest BCUT2D eigenvalue weighted by atomic mass is 10.1. The fourth-order valence-corrected chi connectivity index (χ4v) is 1.86. The van der Waals surface area contributed by atoms with Gasteiger partial charge in [-0.05, 0) is 33.1 Å². The second kappa shape index (κ2) is 10.3. The highest BCUT2D eigenvalue weighted by molar-refractivity contribution is 5.89. The fourth-order valence-electron chi connectivity index (χ4n) is 1.86. The lowest BCUT2D eigenvalue weighted by molar-refractivity contribution is -0.270. The van der Waals surface area contributed by atoms with Crippen molar-refractivity contribution in [3.8, 4) is 0 Å². The van der Waals surface area contributed by atoms with Crippen molar-refractivity contribution in [1.82, 2.24) is 10.6 Å². The molecule has 0 aliphatic carbocycles. The van der Waals surface area contributed by atoms with Crippen LogP contribution in [0.2, 0.25) is 0 Å². The summed E-state index contributed by atoms with van der Waals surface area (Å²) in [7, 11) is 0. The summed E-state index contributed by atoms with van der Waals surface area (Å²) in [5, 5.41) is 2.44. The maximum atomic E-state index is 13.1. The molecular formula is C15H18F10N2O4. The average molecular weight is 480 g/mol. The summed E-state index contributed by atoms with van der Waals surface area (Å²) in [6, 6.07) is -2.00. The smallest absolute Gasteiger partial charge is 0.461 e. The Bertz CT molecular complexity index is 647. The van der Waals surface area contributed by atoms with Crippen molar-refractivity contribution in [1.29, 1.82) is 0 Å². The normalized spacial score (nSPS) is 14.2. The van der Waals surface area contributed by atoms with E-state index in [0.717, 1.165) is 0 Å². The molecule has 0 radical (unpaired) electrons. The van der Waals surface area contributed by atoms with E-state index in [0.29, 0.717) is 0 Å². The highest BCUT2D eigenvalue weighted by Gasteiger charge is 2.64. The molecule has 0 saturated heterocycles. The lowest BCUT2D eigenvalue weighted by Crippen LogP contribution is -2.55. The van der Waals surface area contributed by atoms with Gasteiger partial charge in [-0.3, -0.25) is 9.59 Å². The van der Waals surface area contributed by atoms with Crippen molar-refractivity contribution in [3.05, 3.63) is 0 Å². The molecular weight excluding hydrogens is 462 g/mol. The number of unbranched alkanes of at least 4 members (excludes halogenated alkanes) is 1. The number of hydrogen-bond donors (Lipinski definition) is 2. The summed E-state index contributed by atoms with van der Waals surface area (Å²) >= 11 is 0. The molecule has 31 heavy (non-hydrogen) atoms. The first-order valence-electron chi connectivity index (χ1n) is 8.44. The topological polar surface area (TPSA) is 84.5 Å². The summed E-state index contributed by atoms with van der Waals surface area (Å²) in [5.41, 5.74) is 0. The Balaban J connectivity index is 4.94. The van der Waals surface area contributed by atoms with Crippen LogP contribution in [0.15, 0.2) is 0 Å². The monoisotopic (exact) mass is 480 g/mol. The van der Waals surface area contributed by atoms with Gasteiger partial charge in [0.15, 0.2) is 0 Å². The molecule has 0 rings (SSSR count). The van der Waals surface area contributed by atoms with Crippen LogP contribution in [0.3, 0.4) is 0 Å². The van der Waals surface area contributed by atoms with Crippen LogP contribution in [0.1, 0.15) is 33.1 Å². The number of halogens is 10. The second-order valence-corrected chi connectivity index (χ2v) is 6.41. The molecule has 0 fully saturated rings. The SMILES string of the molecule is CC(C)OC(=O)C(CCCCNC(=O)C(F)(F)C(F)(F)F)NC(=O)C(F)(F)C(F)(F)F. The first-order valence-corrected chi connectivity index (χ1v) is 8.44. The maximum absolute atomic E-state index is 13.1.